The van der Waals surface area contributed by atoms with Gasteiger partial charge in [-0.25, -0.2) is 0 Å². The van der Waals surface area contributed by atoms with Crippen molar-refractivity contribution in [3.05, 3.63) is 31.7 Å². The molecule has 0 spiro atoms. The third-order valence-electron chi connectivity index (χ3n) is 3.24. The van der Waals surface area contributed by atoms with Gasteiger partial charge in [0.1, 0.15) is 0 Å². The van der Waals surface area contributed by atoms with E-state index in [0.717, 1.165) is 31.7 Å². The van der Waals surface area contributed by atoms with Gasteiger partial charge in [0.05, 0.1) is 31.7 Å². The zero-order valence-electron chi connectivity index (χ0n) is 12.3. The molecule has 0 radical (unpaired) electrons. The van der Waals surface area contributed by atoms with Crippen molar-refractivity contribution in [2.45, 2.75) is 27.7 Å². The molecule has 3 rings (SSSR count). The minimum Gasteiger partial charge on any atom is -0.199 e. The SMILES string of the molecule is Cc1nn(-c2nnc(-n3nc(C)c(Br)c3C)nn2)c(C)c1Br. The lowest BCUT2D eigenvalue weighted by molar-refractivity contribution is 0.662. The van der Waals surface area contributed by atoms with E-state index in [9.17, 15) is 0 Å². The summed E-state index contributed by atoms with van der Waals surface area (Å²) in [4.78, 5) is 0. The van der Waals surface area contributed by atoms with Gasteiger partial charge < -0.3 is 0 Å². The van der Waals surface area contributed by atoms with Crippen LogP contribution in [0.4, 0.5) is 0 Å². The fraction of sp³-hybridized carbons (Fsp3) is 0.333. The summed E-state index contributed by atoms with van der Waals surface area (Å²) >= 11 is 6.94. The number of rotatable bonds is 2. The molecule has 3 aromatic rings. The Morgan fingerprint density at radius 3 is 1.18 bits per heavy atom. The molecule has 0 aromatic carbocycles. The molecular formula is C12H12Br2N8. The van der Waals surface area contributed by atoms with Gasteiger partial charge in [0, 0.05) is 0 Å². The second-order valence-electron chi connectivity index (χ2n) is 4.79. The monoisotopic (exact) mass is 426 g/mol. The van der Waals surface area contributed by atoms with Crippen LogP contribution in [0.1, 0.15) is 22.8 Å². The fourth-order valence-corrected chi connectivity index (χ4v) is 2.52. The van der Waals surface area contributed by atoms with Crippen LogP contribution in [0.5, 0.6) is 0 Å². The van der Waals surface area contributed by atoms with Crippen molar-refractivity contribution >= 4 is 31.9 Å². The maximum atomic E-state index is 4.35. The van der Waals surface area contributed by atoms with E-state index in [-0.39, 0.29) is 0 Å². The third kappa shape index (κ3) is 2.35. The highest BCUT2D eigenvalue weighted by Crippen LogP contribution is 2.22. The maximum Gasteiger partial charge on any atom is 0.289 e. The van der Waals surface area contributed by atoms with Crippen LogP contribution in [-0.4, -0.2) is 40.0 Å². The average Bonchev–Trinajstić information content (AvgIpc) is 2.92. The van der Waals surface area contributed by atoms with Gasteiger partial charge in [0.2, 0.25) is 0 Å². The predicted octanol–water partition coefficient (Wildman–Crippen LogP) is 2.40. The largest absolute Gasteiger partial charge is 0.289 e. The summed E-state index contributed by atoms with van der Waals surface area (Å²) in [7, 11) is 0. The number of aryl methyl sites for hydroxylation is 2. The van der Waals surface area contributed by atoms with E-state index >= 15 is 0 Å². The van der Waals surface area contributed by atoms with E-state index in [1.807, 2.05) is 27.7 Å². The molecule has 0 saturated heterocycles. The maximum absolute atomic E-state index is 4.35. The first-order valence-electron chi connectivity index (χ1n) is 6.41. The first kappa shape index (κ1) is 15.2. The van der Waals surface area contributed by atoms with E-state index in [2.05, 4.69) is 62.5 Å². The molecule has 10 heteroatoms. The summed E-state index contributed by atoms with van der Waals surface area (Å²) in [5, 5.41) is 25.1. The quantitative estimate of drug-likeness (QED) is 0.623. The molecule has 0 aliphatic rings. The molecule has 3 heterocycles. The lowest BCUT2D eigenvalue weighted by Gasteiger charge is -2.03. The number of aromatic nitrogens is 8. The Balaban J connectivity index is 2.02. The Bertz CT molecular complexity index is 778. The van der Waals surface area contributed by atoms with Crippen molar-refractivity contribution in [3.63, 3.8) is 0 Å². The van der Waals surface area contributed by atoms with Crippen molar-refractivity contribution in [2.24, 2.45) is 0 Å². The van der Waals surface area contributed by atoms with Crippen LogP contribution in [0.25, 0.3) is 11.9 Å². The van der Waals surface area contributed by atoms with Gasteiger partial charge in [-0.05, 0) is 59.6 Å². The fourth-order valence-electron chi connectivity index (χ4n) is 2.03. The smallest absolute Gasteiger partial charge is 0.199 e. The average molecular weight is 428 g/mol. The second kappa shape index (κ2) is 5.51. The molecule has 22 heavy (non-hydrogen) atoms. The summed E-state index contributed by atoms with van der Waals surface area (Å²) in [5.41, 5.74) is 3.49. The van der Waals surface area contributed by atoms with E-state index in [1.54, 1.807) is 9.36 Å². The first-order valence-corrected chi connectivity index (χ1v) is 8.00. The van der Waals surface area contributed by atoms with Gasteiger partial charge in [0.25, 0.3) is 11.9 Å². The molecule has 0 amide bonds. The highest BCUT2D eigenvalue weighted by molar-refractivity contribution is 9.10. The minimum atomic E-state index is 0.315. The summed E-state index contributed by atoms with van der Waals surface area (Å²) < 4.78 is 5.03. The second-order valence-corrected chi connectivity index (χ2v) is 6.38. The van der Waals surface area contributed by atoms with Gasteiger partial charge in [-0.2, -0.15) is 19.6 Å². The normalized spacial score (nSPS) is 11.2. The molecule has 114 valence electrons. The molecule has 8 nitrogen and oxygen atoms in total. The topological polar surface area (TPSA) is 87.2 Å². The number of hydrogen-bond donors (Lipinski definition) is 0. The number of hydrogen-bond acceptors (Lipinski definition) is 6. The van der Waals surface area contributed by atoms with Crippen molar-refractivity contribution in [1.29, 1.82) is 0 Å². The van der Waals surface area contributed by atoms with Crippen molar-refractivity contribution < 1.29 is 0 Å². The Hall–Kier alpha value is -1.68. The van der Waals surface area contributed by atoms with Gasteiger partial charge in [-0.15, -0.1) is 20.4 Å². The van der Waals surface area contributed by atoms with Crippen molar-refractivity contribution in [1.82, 2.24) is 40.0 Å². The van der Waals surface area contributed by atoms with Crippen LogP contribution in [0, 0.1) is 27.7 Å². The first-order chi connectivity index (χ1) is 10.4. The minimum absolute atomic E-state index is 0.315. The van der Waals surface area contributed by atoms with E-state index in [1.165, 1.54) is 0 Å². The summed E-state index contributed by atoms with van der Waals surface area (Å²) in [6.07, 6.45) is 0. The Morgan fingerprint density at radius 2 is 0.955 bits per heavy atom. The molecular weight excluding hydrogens is 416 g/mol. The van der Waals surface area contributed by atoms with E-state index in [4.69, 9.17) is 0 Å². The molecule has 0 fully saturated rings. The van der Waals surface area contributed by atoms with Gasteiger partial charge in [0.15, 0.2) is 0 Å². The van der Waals surface area contributed by atoms with Crippen LogP contribution in [0.15, 0.2) is 8.95 Å². The number of halogens is 2. The summed E-state index contributed by atoms with van der Waals surface area (Å²) in [5.74, 6) is 0.631. The standard InChI is InChI=1S/C12H12Br2N8/c1-5-9(13)7(3)21(19-5)11-15-17-12(18-16-11)22-8(4)10(14)6(2)20-22/h1-4H3. The van der Waals surface area contributed by atoms with Crippen LogP contribution in [0.2, 0.25) is 0 Å². The lowest BCUT2D eigenvalue weighted by Crippen LogP contribution is -2.13. The molecule has 0 bridgehead atoms. The molecule has 0 aliphatic heterocycles. The molecule has 0 unspecified atom stereocenters. The highest BCUT2D eigenvalue weighted by Gasteiger charge is 2.16. The van der Waals surface area contributed by atoms with Crippen LogP contribution >= 0.6 is 31.9 Å². The van der Waals surface area contributed by atoms with Crippen molar-refractivity contribution in [2.75, 3.05) is 0 Å². The van der Waals surface area contributed by atoms with E-state index in [0.29, 0.717) is 11.9 Å². The van der Waals surface area contributed by atoms with Crippen LogP contribution in [0.3, 0.4) is 0 Å². The molecule has 0 atom stereocenters. The molecule has 0 aliphatic carbocycles. The van der Waals surface area contributed by atoms with Crippen LogP contribution < -0.4 is 0 Å². The Kier molecular flexibility index (Phi) is 3.81. The van der Waals surface area contributed by atoms with Gasteiger partial charge >= 0.3 is 0 Å². The zero-order valence-corrected chi connectivity index (χ0v) is 15.5. The van der Waals surface area contributed by atoms with E-state index < -0.39 is 0 Å². The molecule has 0 N–H and O–H groups in total. The van der Waals surface area contributed by atoms with Crippen molar-refractivity contribution in [3.8, 4) is 11.9 Å². The van der Waals surface area contributed by atoms with Gasteiger partial charge in [-0.1, -0.05) is 0 Å². The highest BCUT2D eigenvalue weighted by atomic mass is 79.9. The van der Waals surface area contributed by atoms with Crippen LogP contribution in [-0.2, 0) is 0 Å². The third-order valence-corrected chi connectivity index (χ3v) is 5.54. The number of nitrogens with zero attached hydrogens (tertiary/aromatic N) is 8. The lowest BCUT2D eigenvalue weighted by atomic mass is 10.4. The molecule has 0 saturated carbocycles. The van der Waals surface area contributed by atoms with Gasteiger partial charge in [-0.3, -0.25) is 0 Å². The predicted molar refractivity (Wildman–Crippen MR) is 86.2 cm³/mol. The Morgan fingerprint density at radius 1 is 0.636 bits per heavy atom. The zero-order chi connectivity index (χ0) is 16.0. The summed E-state index contributed by atoms with van der Waals surface area (Å²) in [6.45, 7) is 7.63. The Labute approximate surface area is 143 Å². The molecule has 3 aromatic heterocycles. The summed E-state index contributed by atoms with van der Waals surface area (Å²) in [6, 6.07) is 0.